The zero-order chi connectivity index (χ0) is 18.9. The minimum atomic E-state index is -0.839. The first-order chi connectivity index (χ1) is 13.0. The number of fused-ring (bicyclic) bond motifs is 1. The topological polar surface area (TPSA) is 54.4 Å². The van der Waals surface area contributed by atoms with E-state index in [1.54, 1.807) is 25.2 Å². The lowest BCUT2D eigenvalue weighted by atomic mass is 9.92. The average Bonchev–Trinajstić information content (AvgIpc) is 3.15. The third kappa shape index (κ3) is 4.84. The van der Waals surface area contributed by atoms with Crippen LogP contribution in [0.25, 0.3) is 21.3 Å². The Balaban J connectivity index is 0.00000225. The van der Waals surface area contributed by atoms with Crippen LogP contribution in [0.4, 0.5) is 0 Å². The smallest absolute Gasteiger partial charge is 0.119 e. The predicted octanol–water partition coefficient (Wildman–Crippen LogP) is 5.00. The largest absolute Gasteiger partial charge is 0.491 e. The van der Waals surface area contributed by atoms with Gasteiger partial charge in [-0.1, -0.05) is 0 Å². The number of aliphatic hydroxyl groups is 1. The number of pyridine rings is 1. The second kappa shape index (κ2) is 8.78. The molecule has 6 heteroatoms. The van der Waals surface area contributed by atoms with Crippen LogP contribution in [0.3, 0.4) is 0 Å². The van der Waals surface area contributed by atoms with Crippen LogP contribution in [-0.2, 0) is 0 Å². The summed E-state index contributed by atoms with van der Waals surface area (Å²) >= 11 is 1.78. The lowest BCUT2D eigenvalue weighted by Crippen LogP contribution is -2.27. The normalized spacial score (nSPS) is 15.4. The second-order valence-corrected chi connectivity index (χ2v) is 8.82. The maximum Gasteiger partial charge on any atom is 0.119 e. The molecule has 28 heavy (non-hydrogen) atoms. The van der Waals surface area contributed by atoms with Crippen LogP contribution >= 0.6 is 23.7 Å². The first-order valence-corrected chi connectivity index (χ1v) is 10.4. The molecule has 0 atom stereocenters. The summed E-state index contributed by atoms with van der Waals surface area (Å²) in [5, 5.41) is 16.7. The Labute approximate surface area is 176 Å². The van der Waals surface area contributed by atoms with Crippen LogP contribution in [0, 0.1) is 0 Å². The molecule has 0 bridgehead atoms. The van der Waals surface area contributed by atoms with E-state index in [2.05, 4.69) is 22.8 Å². The number of ether oxygens (including phenoxy) is 1. The molecule has 0 spiro atoms. The van der Waals surface area contributed by atoms with Gasteiger partial charge in [0.2, 0.25) is 0 Å². The van der Waals surface area contributed by atoms with Gasteiger partial charge in [0.15, 0.2) is 0 Å². The Morgan fingerprint density at radius 3 is 2.57 bits per heavy atom. The number of benzene rings is 1. The molecule has 2 aromatic heterocycles. The molecule has 150 valence electrons. The molecule has 1 aliphatic heterocycles. The summed E-state index contributed by atoms with van der Waals surface area (Å²) in [5.41, 5.74) is 2.52. The number of nitrogens with one attached hydrogen (secondary N) is 1. The highest BCUT2D eigenvalue weighted by molar-refractivity contribution is 7.17. The molecule has 0 amide bonds. The fourth-order valence-corrected chi connectivity index (χ4v) is 4.36. The van der Waals surface area contributed by atoms with Gasteiger partial charge < -0.3 is 15.2 Å². The van der Waals surface area contributed by atoms with E-state index in [0.29, 0.717) is 5.92 Å². The number of hydrogen-bond acceptors (Lipinski definition) is 5. The molecule has 3 heterocycles. The molecule has 0 unspecified atom stereocenters. The first kappa shape index (κ1) is 21.1. The maximum atomic E-state index is 9.81. The number of hydrogen-bond donors (Lipinski definition) is 2. The van der Waals surface area contributed by atoms with E-state index < -0.39 is 5.60 Å². The van der Waals surface area contributed by atoms with Gasteiger partial charge in [0.1, 0.15) is 12.4 Å². The van der Waals surface area contributed by atoms with Crippen molar-refractivity contribution in [3.05, 3.63) is 47.5 Å². The summed E-state index contributed by atoms with van der Waals surface area (Å²) in [6, 6.07) is 12.4. The molecule has 4 nitrogen and oxygen atoms in total. The van der Waals surface area contributed by atoms with Crippen LogP contribution in [0.15, 0.2) is 41.8 Å². The molecule has 0 aliphatic carbocycles. The monoisotopic (exact) mass is 418 g/mol. The van der Waals surface area contributed by atoms with Gasteiger partial charge in [-0.3, -0.25) is 4.98 Å². The van der Waals surface area contributed by atoms with Gasteiger partial charge in [-0.2, -0.15) is 0 Å². The Kier molecular flexibility index (Phi) is 6.61. The molecule has 0 saturated carbocycles. The molecule has 1 saturated heterocycles. The van der Waals surface area contributed by atoms with Crippen LogP contribution in [-0.4, -0.2) is 35.4 Å². The standard InChI is InChI=1S/C22H26N2O2S.ClH/c1-22(2,25)14-26-17-5-3-15(4-6-17)19-13-20-18(9-12-27-20)21(24-19)16-7-10-23-11-8-16;/h3-6,9,12-13,16,23,25H,7-8,10-11,14H2,1-2H3;1H. The highest BCUT2D eigenvalue weighted by Gasteiger charge is 2.20. The Hall–Kier alpha value is -1.66. The van der Waals surface area contributed by atoms with Crippen LogP contribution in [0.1, 0.15) is 38.3 Å². The van der Waals surface area contributed by atoms with E-state index in [1.807, 2.05) is 24.3 Å². The summed E-state index contributed by atoms with van der Waals surface area (Å²) in [5.74, 6) is 1.29. The highest BCUT2D eigenvalue weighted by Crippen LogP contribution is 2.35. The first-order valence-electron chi connectivity index (χ1n) is 9.54. The van der Waals surface area contributed by atoms with Crippen molar-refractivity contribution < 1.29 is 9.84 Å². The lowest BCUT2D eigenvalue weighted by molar-refractivity contribution is 0.0285. The van der Waals surface area contributed by atoms with Gasteiger partial charge in [0, 0.05) is 21.6 Å². The summed E-state index contributed by atoms with van der Waals surface area (Å²) < 4.78 is 6.96. The molecular formula is C22H27ClN2O2S. The third-order valence-corrected chi connectivity index (χ3v) is 5.81. The van der Waals surface area contributed by atoms with Crippen molar-refractivity contribution in [1.82, 2.24) is 10.3 Å². The van der Waals surface area contributed by atoms with Crippen LogP contribution in [0.2, 0.25) is 0 Å². The number of halogens is 1. The number of nitrogens with zero attached hydrogens (tertiary/aromatic N) is 1. The summed E-state index contributed by atoms with van der Waals surface area (Å²) in [4.78, 5) is 5.08. The molecule has 3 aromatic rings. The average molecular weight is 419 g/mol. The fourth-order valence-electron chi connectivity index (χ4n) is 3.53. The van der Waals surface area contributed by atoms with Crippen molar-refractivity contribution >= 4 is 33.8 Å². The second-order valence-electron chi connectivity index (χ2n) is 7.87. The van der Waals surface area contributed by atoms with Crippen molar-refractivity contribution in [3.8, 4) is 17.0 Å². The number of thiophene rings is 1. The minimum absolute atomic E-state index is 0. The van der Waals surface area contributed by atoms with Gasteiger partial charge in [0.25, 0.3) is 0 Å². The molecule has 1 fully saturated rings. The van der Waals surface area contributed by atoms with E-state index >= 15 is 0 Å². The zero-order valence-electron chi connectivity index (χ0n) is 16.3. The summed E-state index contributed by atoms with van der Waals surface area (Å²) in [6.07, 6.45) is 2.29. The summed E-state index contributed by atoms with van der Waals surface area (Å²) in [6.45, 7) is 5.88. The number of piperidine rings is 1. The van der Waals surface area contributed by atoms with Crippen molar-refractivity contribution in [2.24, 2.45) is 0 Å². The number of rotatable bonds is 5. The molecule has 2 N–H and O–H groups in total. The van der Waals surface area contributed by atoms with Crippen LogP contribution < -0.4 is 10.1 Å². The van der Waals surface area contributed by atoms with E-state index in [1.165, 1.54) is 15.8 Å². The Morgan fingerprint density at radius 2 is 1.89 bits per heavy atom. The van der Waals surface area contributed by atoms with Crippen molar-refractivity contribution in [3.63, 3.8) is 0 Å². The van der Waals surface area contributed by atoms with Gasteiger partial charge in [0.05, 0.1) is 17.0 Å². The minimum Gasteiger partial charge on any atom is -0.491 e. The molecular weight excluding hydrogens is 392 g/mol. The van der Waals surface area contributed by atoms with Gasteiger partial charge in [-0.25, -0.2) is 0 Å². The molecule has 4 rings (SSSR count). The van der Waals surface area contributed by atoms with Gasteiger partial charge in [-0.05, 0) is 81.6 Å². The van der Waals surface area contributed by atoms with Gasteiger partial charge in [-0.15, -0.1) is 23.7 Å². The quantitative estimate of drug-likeness (QED) is 0.612. The van der Waals surface area contributed by atoms with Crippen molar-refractivity contribution in [2.45, 2.75) is 38.2 Å². The molecule has 1 aliphatic rings. The predicted molar refractivity (Wildman–Crippen MR) is 119 cm³/mol. The fraction of sp³-hybridized carbons (Fsp3) is 0.409. The third-order valence-electron chi connectivity index (χ3n) is 4.95. The van der Waals surface area contributed by atoms with Gasteiger partial charge >= 0.3 is 0 Å². The molecule has 0 radical (unpaired) electrons. The number of aromatic nitrogens is 1. The van der Waals surface area contributed by atoms with E-state index in [9.17, 15) is 5.11 Å². The lowest BCUT2D eigenvalue weighted by Gasteiger charge is -2.23. The summed E-state index contributed by atoms with van der Waals surface area (Å²) in [7, 11) is 0. The van der Waals surface area contributed by atoms with Crippen molar-refractivity contribution in [1.29, 1.82) is 0 Å². The zero-order valence-corrected chi connectivity index (χ0v) is 17.9. The van der Waals surface area contributed by atoms with Crippen LogP contribution in [0.5, 0.6) is 5.75 Å². The van der Waals surface area contributed by atoms with E-state index in [-0.39, 0.29) is 19.0 Å². The SMILES string of the molecule is CC(C)(O)COc1ccc(-c2cc3sccc3c(C3CCNCC3)n2)cc1.Cl. The highest BCUT2D eigenvalue weighted by atomic mass is 35.5. The maximum absolute atomic E-state index is 9.81. The van der Waals surface area contributed by atoms with Crippen molar-refractivity contribution in [2.75, 3.05) is 19.7 Å². The molecule has 1 aromatic carbocycles. The Morgan fingerprint density at radius 1 is 1.18 bits per heavy atom. The Bertz CT molecular complexity index is 912. The van der Waals surface area contributed by atoms with E-state index in [4.69, 9.17) is 9.72 Å². The van der Waals surface area contributed by atoms with E-state index in [0.717, 1.165) is 42.9 Å².